The molecular weight excluding hydrogens is 342 g/mol. The monoisotopic (exact) mass is 369 g/mol. The van der Waals surface area contributed by atoms with E-state index < -0.39 is 0 Å². The Bertz CT molecular complexity index is 731. The third-order valence-electron chi connectivity index (χ3n) is 4.62. The molecule has 1 aromatic carbocycles. The maximum absolute atomic E-state index is 12.4. The van der Waals surface area contributed by atoms with Crippen molar-refractivity contribution >= 4 is 5.91 Å². The van der Waals surface area contributed by atoms with Crippen LogP contribution in [0.4, 0.5) is 0 Å². The number of ether oxygens (including phenoxy) is 2. The summed E-state index contributed by atoms with van der Waals surface area (Å²) in [6.45, 7) is 5.63. The van der Waals surface area contributed by atoms with Gasteiger partial charge in [0.05, 0.1) is 6.61 Å². The fourth-order valence-corrected chi connectivity index (χ4v) is 3.13. The molecule has 6 heteroatoms. The number of pyridine rings is 1. The van der Waals surface area contributed by atoms with Crippen molar-refractivity contribution in [2.75, 3.05) is 26.2 Å². The topological polar surface area (TPSA) is 72.5 Å². The first kappa shape index (κ1) is 19.2. The van der Waals surface area contributed by atoms with E-state index in [2.05, 4.69) is 15.6 Å². The van der Waals surface area contributed by atoms with Gasteiger partial charge in [0.1, 0.15) is 6.61 Å². The number of nitrogens with zero attached hydrogens (tertiary/aromatic N) is 1. The fourth-order valence-electron chi connectivity index (χ4n) is 3.13. The molecule has 144 valence electrons. The van der Waals surface area contributed by atoms with Crippen molar-refractivity contribution in [2.24, 2.45) is 5.92 Å². The minimum Gasteiger partial charge on any atom is -0.490 e. The largest absolute Gasteiger partial charge is 0.490 e. The number of rotatable bonds is 9. The lowest BCUT2D eigenvalue weighted by Crippen LogP contribution is -2.26. The normalized spacial score (nSPS) is 16.1. The molecule has 0 spiro atoms. The van der Waals surface area contributed by atoms with Crippen LogP contribution in [-0.2, 0) is 6.61 Å². The predicted octanol–water partition coefficient (Wildman–Crippen LogP) is 2.79. The van der Waals surface area contributed by atoms with E-state index in [4.69, 9.17) is 9.47 Å². The van der Waals surface area contributed by atoms with Gasteiger partial charge in [0, 0.05) is 30.1 Å². The van der Waals surface area contributed by atoms with Crippen LogP contribution in [0.15, 0.2) is 42.7 Å². The zero-order valence-corrected chi connectivity index (χ0v) is 15.7. The molecule has 2 aromatic rings. The summed E-state index contributed by atoms with van der Waals surface area (Å²) in [7, 11) is 0. The number of hydrogen-bond acceptors (Lipinski definition) is 5. The van der Waals surface area contributed by atoms with Crippen LogP contribution in [0.3, 0.4) is 0 Å². The van der Waals surface area contributed by atoms with Gasteiger partial charge in [0.15, 0.2) is 11.5 Å². The van der Waals surface area contributed by atoms with Gasteiger partial charge < -0.3 is 20.1 Å². The first-order chi connectivity index (χ1) is 13.3. The van der Waals surface area contributed by atoms with E-state index in [0.717, 1.165) is 25.1 Å². The van der Waals surface area contributed by atoms with Gasteiger partial charge in [-0.05, 0) is 63.0 Å². The number of benzene rings is 1. The van der Waals surface area contributed by atoms with E-state index in [1.54, 1.807) is 30.6 Å². The molecule has 1 fully saturated rings. The van der Waals surface area contributed by atoms with Crippen molar-refractivity contribution in [2.45, 2.75) is 26.4 Å². The van der Waals surface area contributed by atoms with Gasteiger partial charge in [0.2, 0.25) is 0 Å². The van der Waals surface area contributed by atoms with Crippen LogP contribution in [0.5, 0.6) is 11.5 Å². The van der Waals surface area contributed by atoms with Gasteiger partial charge in [-0.15, -0.1) is 0 Å². The molecule has 1 amide bonds. The highest BCUT2D eigenvalue weighted by Crippen LogP contribution is 2.29. The summed E-state index contributed by atoms with van der Waals surface area (Å²) in [5, 5.41) is 6.35. The van der Waals surface area contributed by atoms with E-state index in [1.807, 2.05) is 19.1 Å². The standard InChI is InChI=1S/C21H27N3O3/c1-2-26-20-12-18(21(25)24-11-8-16-7-10-23-13-16)5-6-19(20)27-15-17-4-3-9-22-14-17/h3-6,9,12,14,16,23H,2,7-8,10-11,13,15H2,1H3,(H,24,25). The quantitative estimate of drug-likeness (QED) is 0.711. The average molecular weight is 369 g/mol. The summed E-state index contributed by atoms with van der Waals surface area (Å²) in [6.07, 6.45) is 5.69. The highest BCUT2D eigenvalue weighted by atomic mass is 16.5. The highest BCUT2D eigenvalue weighted by Gasteiger charge is 2.15. The lowest BCUT2D eigenvalue weighted by atomic mass is 10.1. The average Bonchev–Trinajstić information content (AvgIpc) is 3.21. The summed E-state index contributed by atoms with van der Waals surface area (Å²) in [5.41, 5.74) is 1.56. The van der Waals surface area contributed by atoms with Gasteiger partial charge in [0.25, 0.3) is 5.91 Å². The molecule has 2 heterocycles. The van der Waals surface area contributed by atoms with Crippen molar-refractivity contribution in [3.63, 3.8) is 0 Å². The third-order valence-corrected chi connectivity index (χ3v) is 4.62. The summed E-state index contributed by atoms with van der Waals surface area (Å²) < 4.78 is 11.5. The smallest absolute Gasteiger partial charge is 0.251 e. The van der Waals surface area contributed by atoms with Crippen molar-refractivity contribution in [1.82, 2.24) is 15.6 Å². The number of nitrogens with one attached hydrogen (secondary N) is 2. The third kappa shape index (κ3) is 5.69. The second-order valence-corrected chi connectivity index (χ2v) is 6.65. The molecule has 3 rings (SSSR count). The van der Waals surface area contributed by atoms with Crippen LogP contribution < -0.4 is 20.1 Å². The van der Waals surface area contributed by atoms with Crippen LogP contribution in [0.25, 0.3) is 0 Å². The Morgan fingerprint density at radius 1 is 1.30 bits per heavy atom. The van der Waals surface area contributed by atoms with Crippen molar-refractivity contribution in [1.29, 1.82) is 0 Å². The molecule has 1 aliphatic heterocycles. The minimum atomic E-state index is -0.0827. The van der Waals surface area contributed by atoms with Gasteiger partial charge >= 0.3 is 0 Å². The molecule has 0 saturated carbocycles. The number of hydrogen-bond donors (Lipinski definition) is 2. The Hall–Kier alpha value is -2.60. The van der Waals surface area contributed by atoms with Gasteiger partial charge in [-0.2, -0.15) is 0 Å². The second kappa shape index (κ2) is 9.92. The predicted molar refractivity (Wildman–Crippen MR) is 104 cm³/mol. The van der Waals surface area contributed by atoms with Gasteiger partial charge in [-0.3, -0.25) is 9.78 Å². The molecule has 0 radical (unpaired) electrons. The van der Waals surface area contributed by atoms with Crippen LogP contribution in [0.2, 0.25) is 0 Å². The van der Waals surface area contributed by atoms with Crippen molar-refractivity contribution < 1.29 is 14.3 Å². The van der Waals surface area contributed by atoms with Gasteiger partial charge in [-0.25, -0.2) is 0 Å². The van der Waals surface area contributed by atoms with Crippen LogP contribution in [-0.4, -0.2) is 37.1 Å². The van der Waals surface area contributed by atoms with Crippen molar-refractivity contribution in [3.05, 3.63) is 53.9 Å². The zero-order chi connectivity index (χ0) is 18.9. The SMILES string of the molecule is CCOc1cc(C(=O)NCCC2CCNC2)ccc1OCc1cccnc1. The van der Waals surface area contributed by atoms with E-state index in [0.29, 0.717) is 42.7 Å². The Labute approximate surface area is 160 Å². The zero-order valence-electron chi connectivity index (χ0n) is 15.7. The minimum absolute atomic E-state index is 0.0827. The Morgan fingerprint density at radius 2 is 2.22 bits per heavy atom. The molecule has 27 heavy (non-hydrogen) atoms. The molecule has 1 aliphatic rings. The summed E-state index contributed by atoms with van der Waals surface area (Å²) >= 11 is 0. The number of amides is 1. The Balaban J connectivity index is 1.58. The van der Waals surface area contributed by atoms with E-state index in [1.165, 1.54) is 6.42 Å². The molecule has 6 nitrogen and oxygen atoms in total. The molecular formula is C21H27N3O3. The van der Waals surface area contributed by atoms with Crippen LogP contribution in [0, 0.1) is 5.92 Å². The maximum atomic E-state index is 12.4. The molecule has 1 atom stereocenters. The summed E-state index contributed by atoms with van der Waals surface area (Å²) in [6, 6.07) is 9.13. The first-order valence-electron chi connectivity index (χ1n) is 9.53. The maximum Gasteiger partial charge on any atom is 0.251 e. The Morgan fingerprint density at radius 3 is 2.96 bits per heavy atom. The number of aromatic nitrogens is 1. The molecule has 1 aromatic heterocycles. The van der Waals surface area contributed by atoms with Crippen LogP contribution in [0.1, 0.15) is 35.7 Å². The molecule has 0 bridgehead atoms. The van der Waals surface area contributed by atoms with E-state index in [9.17, 15) is 4.79 Å². The molecule has 0 aliphatic carbocycles. The lowest BCUT2D eigenvalue weighted by molar-refractivity contribution is 0.0951. The first-order valence-corrected chi connectivity index (χ1v) is 9.53. The number of carbonyl (C=O) groups excluding carboxylic acids is 1. The lowest BCUT2D eigenvalue weighted by Gasteiger charge is -2.14. The van der Waals surface area contributed by atoms with E-state index in [-0.39, 0.29) is 5.91 Å². The highest BCUT2D eigenvalue weighted by molar-refractivity contribution is 5.94. The van der Waals surface area contributed by atoms with Crippen molar-refractivity contribution in [3.8, 4) is 11.5 Å². The number of carbonyl (C=O) groups is 1. The fraction of sp³-hybridized carbons (Fsp3) is 0.429. The Kier molecular flexibility index (Phi) is 7.04. The summed E-state index contributed by atoms with van der Waals surface area (Å²) in [5.74, 6) is 1.77. The van der Waals surface area contributed by atoms with Crippen LogP contribution >= 0.6 is 0 Å². The molecule has 1 saturated heterocycles. The summed E-state index contributed by atoms with van der Waals surface area (Å²) in [4.78, 5) is 16.5. The van der Waals surface area contributed by atoms with E-state index >= 15 is 0 Å². The van der Waals surface area contributed by atoms with Gasteiger partial charge in [-0.1, -0.05) is 6.07 Å². The molecule has 1 unspecified atom stereocenters. The molecule has 2 N–H and O–H groups in total. The second-order valence-electron chi connectivity index (χ2n) is 6.65.